The number of carbonyl (C=O) groups excluding carboxylic acids is 3. The zero-order valence-electron chi connectivity index (χ0n) is 15.7. The van der Waals surface area contributed by atoms with Crippen molar-refractivity contribution in [3.05, 3.63) is 65.7 Å². The van der Waals surface area contributed by atoms with Crippen LogP contribution in [0.5, 0.6) is 0 Å². The third-order valence-electron chi connectivity index (χ3n) is 4.52. The molecule has 8 heteroatoms. The van der Waals surface area contributed by atoms with Gasteiger partial charge in [-0.2, -0.15) is 5.26 Å². The average Bonchev–Trinajstić information content (AvgIpc) is 2.78. The largest absolute Gasteiger partial charge is 0.452 e. The fourth-order valence-electron chi connectivity index (χ4n) is 2.87. The summed E-state index contributed by atoms with van der Waals surface area (Å²) in [6, 6.07) is 16.9. The highest BCUT2D eigenvalue weighted by Crippen LogP contribution is 2.10. The molecule has 3 amide bonds. The summed E-state index contributed by atoms with van der Waals surface area (Å²) in [5.41, 5.74) is 1.43. The molecule has 0 spiro atoms. The summed E-state index contributed by atoms with van der Waals surface area (Å²) < 4.78 is 5.06. The molecule has 1 fully saturated rings. The lowest BCUT2D eigenvalue weighted by atomic mass is 10.1. The Kier molecular flexibility index (Phi) is 6.43. The zero-order valence-corrected chi connectivity index (χ0v) is 15.7. The first kappa shape index (κ1) is 19.9. The van der Waals surface area contributed by atoms with Crippen molar-refractivity contribution in [2.75, 3.05) is 38.1 Å². The lowest BCUT2D eigenvalue weighted by Crippen LogP contribution is -2.52. The van der Waals surface area contributed by atoms with Crippen LogP contribution in [0.25, 0.3) is 0 Å². The summed E-state index contributed by atoms with van der Waals surface area (Å²) in [5, 5.41) is 11.6. The van der Waals surface area contributed by atoms with Gasteiger partial charge in [0.05, 0.1) is 17.2 Å². The summed E-state index contributed by atoms with van der Waals surface area (Å²) in [4.78, 5) is 39.8. The van der Waals surface area contributed by atoms with Crippen LogP contribution >= 0.6 is 0 Å². The van der Waals surface area contributed by atoms with E-state index in [0.717, 1.165) is 0 Å². The molecule has 0 radical (unpaired) electrons. The molecule has 0 unspecified atom stereocenters. The van der Waals surface area contributed by atoms with Crippen molar-refractivity contribution in [1.29, 1.82) is 5.26 Å². The van der Waals surface area contributed by atoms with Gasteiger partial charge < -0.3 is 19.9 Å². The molecule has 8 nitrogen and oxygen atoms in total. The highest BCUT2D eigenvalue weighted by atomic mass is 16.5. The van der Waals surface area contributed by atoms with Gasteiger partial charge in [0.25, 0.3) is 5.91 Å². The lowest BCUT2D eigenvalue weighted by molar-refractivity contribution is -0.135. The number of piperazine rings is 1. The Morgan fingerprint density at radius 2 is 1.55 bits per heavy atom. The number of hydrogen-bond acceptors (Lipinski definition) is 5. The van der Waals surface area contributed by atoms with E-state index in [1.165, 1.54) is 24.3 Å². The molecular weight excluding hydrogens is 372 g/mol. The summed E-state index contributed by atoms with van der Waals surface area (Å²) in [7, 11) is 0. The van der Waals surface area contributed by atoms with Gasteiger partial charge >= 0.3 is 12.0 Å². The number of nitrogens with zero attached hydrogens (tertiary/aromatic N) is 3. The van der Waals surface area contributed by atoms with E-state index in [2.05, 4.69) is 5.32 Å². The van der Waals surface area contributed by atoms with Gasteiger partial charge in [-0.3, -0.25) is 4.79 Å². The highest BCUT2D eigenvalue weighted by molar-refractivity contribution is 5.92. The van der Waals surface area contributed by atoms with Crippen molar-refractivity contribution in [3.63, 3.8) is 0 Å². The molecule has 1 saturated heterocycles. The molecule has 1 heterocycles. The third-order valence-corrected chi connectivity index (χ3v) is 4.52. The average molecular weight is 392 g/mol. The maximum absolute atomic E-state index is 12.3. The number of esters is 1. The van der Waals surface area contributed by atoms with Crippen LogP contribution in [0.2, 0.25) is 0 Å². The Morgan fingerprint density at radius 1 is 0.931 bits per heavy atom. The quantitative estimate of drug-likeness (QED) is 0.803. The second-order valence-corrected chi connectivity index (χ2v) is 6.43. The van der Waals surface area contributed by atoms with E-state index >= 15 is 0 Å². The van der Waals surface area contributed by atoms with Gasteiger partial charge in [-0.15, -0.1) is 0 Å². The SMILES string of the molecule is N#Cc1ccc(C(=O)OCC(=O)N2CCN(C(=O)Nc3ccccc3)CC2)cc1. The number of anilines is 1. The number of para-hydroxylation sites is 1. The molecule has 29 heavy (non-hydrogen) atoms. The van der Waals surface area contributed by atoms with E-state index in [1.54, 1.807) is 21.9 Å². The van der Waals surface area contributed by atoms with Crippen LogP contribution in [0.1, 0.15) is 15.9 Å². The Bertz CT molecular complexity index is 914. The molecule has 0 bridgehead atoms. The first-order valence-corrected chi connectivity index (χ1v) is 9.13. The maximum Gasteiger partial charge on any atom is 0.338 e. The second-order valence-electron chi connectivity index (χ2n) is 6.43. The second kappa shape index (κ2) is 9.37. The summed E-state index contributed by atoms with van der Waals surface area (Å²) in [6.45, 7) is 1.17. The molecule has 0 aliphatic carbocycles. The van der Waals surface area contributed by atoms with Crippen LogP contribution < -0.4 is 5.32 Å². The standard InChI is InChI=1S/C21H20N4O4/c22-14-16-6-8-17(9-7-16)20(27)29-15-19(26)24-10-12-25(13-11-24)21(28)23-18-4-2-1-3-5-18/h1-9H,10-13,15H2,(H,23,28). The fraction of sp³-hybridized carbons (Fsp3) is 0.238. The number of urea groups is 1. The van der Waals surface area contributed by atoms with Gasteiger partial charge in [-0.05, 0) is 36.4 Å². The van der Waals surface area contributed by atoms with Crippen molar-refractivity contribution >= 4 is 23.6 Å². The van der Waals surface area contributed by atoms with Gasteiger partial charge in [-0.25, -0.2) is 9.59 Å². The van der Waals surface area contributed by atoms with E-state index in [0.29, 0.717) is 37.4 Å². The minimum absolute atomic E-state index is 0.212. The number of nitriles is 1. The highest BCUT2D eigenvalue weighted by Gasteiger charge is 2.25. The van der Waals surface area contributed by atoms with Gasteiger partial charge in [-0.1, -0.05) is 18.2 Å². The maximum atomic E-state index is 12.3. The molecule has 0 atom stereocenters. The van der Waals surface area contributed by atoms with Crippen molar-refractivity contribution in [1.82, 2.24) is 9.80 Å². The number of ether oxygens (including phenoxy) is 1. The molecule has 1 N–H and O–H groups in total. The Balaban J connectivity index is 1.43. The molecule has 2 aromatic rings. The van der Waals surface area contributed by atoms with Gasteiger partial charge in [0, 0.05) is 31.9 Å². The van der Waals surface area contributed by atoms with E-state index in [1.807, 2.05) is 24.3 Å². The third kappa shape index (κ3) is 5.32. The minimum Gasteiger partial charge on any atom is -0.452 e. The van der Waals surface area contributed by atoms with Crippen molar-refractivity contribution in [2.45, 2.75) is 0 Å². The summed E-state index contributed by atoms with van der Waals surface area (Å²) >= 11 is 0. The van der Waals surface area contributed by atoms with E-state index in [4.69, 9.17) is 10.00 Å². The fourth-order valence-corrected chi connectivity index (χ4v) is 2.87. The van der Waals surface area contributed by atoms with Crippen molar-refractivity contribution in [2.24, 2.45) is 0 Å². The van der Waals surface area contributed by atoms with E-state index in [9.17, 15) is 14.4 Å². The monoisotopic (exact) mass is 392 g/mol. The summed E-state index contributed by atoms with van der Waals surface area (Å²) in [6.07, 6.45) is 0. The van der Waals surface area contributed by atoms with Crippen molar-refractivity contribution in [3.8, 4) is 6.07 Å². The number of benzene rings is 2. The minimum atomic E-state index is -0.622. The smallest absolute Gasteiger partial charge is 0.338 e. The first-order chi connectivity index (χ1) is 14.1. The summed E-state index contributed by atoms with van der Waals surface area (Å²) in [5.74, 6) is -0.932. The number of nitrogens with one attached hydrogen (secondary N) is 1. The normalized spacial score (nSPS) is 13.3. The van der Waals surface area contributed by atoms with Crippen LogP contribution in [-0.4, -0.2) is 60.5 Å². The molecule has 3 rings (SSSR count). The van der Waals surface area contributed by atoms with Crippen LogP contribution in [0.4, 0.5) is 10.5 Å². The zero-order chi connectivity index (χ0) is 20.6. The predicted octanol–water partition coefficient (Wildman–Crippen LogP) is 2.09. The number of carbonyl (C=O) groups is 3. The molecule has 1 aliphatic heterocycles. The van der Waals surface area contributed by atoms with Crippen LogP contribution in [-0.2, 0) is 9.53 Å². The number of rotatable bonds is 4. The lowest BCUT2D eigenvalue weighted by Gasteiger charge is -2.34. The van der Waals surface area contributed by atoms with Crippen LogP contribution in [0, 0.1) is 11.3 Å². The topological polar surface area (TPSA) is 103 Å². The Labute approximate surface area is 168 Å². The molecular formula is C21H20N4O4. The van der Waals surface area contributed by atoms with Crippen molar-refractivity contribution < 1.29 is 19.1 Å². The van der Waals surface area contributed by atoms with Gasteiger partial charge in [0.2, 0.25) is 0 Å². The molecule has 148 valence electrons. The first-order valence-electron chi connectivity index (χ1n) is 9.13. The molecule has 0 aromatic heterocycles. The van der Waals surface area contributed by atoms with Crippen LogP contribution in [0.15, 0.2) is 54.6 Å². The van der Waals surface area contributed by atoms with E-state index < -0.39 is 5.97 Å². The van der Waals surface area contributed by atoms with Gasteiger partial charge in [0.15, 0.2) is 6.61 Å². The van der Waals surface area contributed by atoms with Crippen LogP contribution in [0.3, 0.4) is 0 Å². The van der Waals surface area contributed by atoms with Gasteiger partial charge in [0.1, 0.15) is 0 Å². The molecule has 1 aliphatic rings. The number of amides is 3. The van der Waals surface area contributed by atoms with E-state index in [-0.39, 0.29) is 24.1 Å². The number of hydrogen-bond donors (Lipinski definition) is 1. The Hall–Kier alpha value is -3.86. The Morgan fingerprint density at radius 3 is 2.17 bits per heavy atom. The molecule has 0 saturated carbocycles. The molecule has 2 aromatic carbocycles. The predicted molar refractivity (Wildman–Crippen MR) is 105 cm³/mol.